The van der Waals surface area contributed by atoms with Gasteiger partial charge in [-0.2, -0.15) is 0 Å². The van der Waals surface area contributed by atoms with Crippen molar-refractivity contribution in [3.05, 3.63) is 7.05 Å². The molecule has 0 saturated carbocycles. The first-order chi connectivity index (χ1) is 3.39. The van der Waals surface area contributed by atoms with Gasteiger partial charge in [0.25, 0.3) is 0 Å². The van der Waals surface area contributed by atoms with E-state index in [4.69, 9.17) is 7.05 Å². The lowest BCUT2D eigenvalue weighted by Gasteiger charge is -2.21. The summed E-state index contributed by atoms with van der Waals surface area (Å²) in [6.45, 7) is 4.05. The predicted molar refractivity (Wildman–Crippen MR) is 28.7 cm³/mol. The van der Waals surface area contributed by atoms with Crippen molar-refractivity contribution in [1.82, 2.24) is 10.2 Å². The van der Waals surface area contributed by atoms with Crippen molar-refractivity contribution in [3.63, 3.8) is 0 Å². The first-order valence-electron chi connectivity index (χ1n) is 2.60. The first-order valence-corrected chi connectivity index (χ1v) is 2.60. The van der Waals surface area contributed by atoms with Gasteiger partial charge in [-0.3, -0.25) is 4.90 Å². The molecule has 2 radical (unpaired) electrons. The van der Waals surface area contributed by atoms with Gasteiger partial charge in [0.1, 0.15) is 0 Å². The molecule has 7 heavy (non-hydrogen) atoms. The molecule has 0 atom stereocenters. The third-order valence-corrected chi connectivity index (χ3v) is 1.15. The Hall–Kier alpha value is -0.0800. The van der Waals surface area contributed by atoms with Crippen LogP contribution in [0.2, 0.25) is 0 Å². The molecule has 1 saturated heterocycles. The Bertz CT molecular complexity index is 48.0. The summed E-state index contributed by atoms with van der Waals surface area (Å²) >= 11 is 0. The number of hydrogen-bond donors (Lipinski definition) is 1. The number of nitrogens with zero attached hydrogens (tertiary/aromatic N) is 1. The third-order valence-electron chi connectivity index (χ3n) is 1.15. The summed E-state index contributed by atoms with van der Waals surface area (Å²) in [5, 5.41) is 3.19. The highest BCUT2D eigenvalue weighted by Gasteiger charge is 2.01. The number of rotatable bonds is 0. The van der Waals surface area contributed by atoms with Gasteiger partial charge in [-0.15, -0.1) is 0 Å². The van der Waals surface area contributed by atoms with Crippen molar-refractivity contribution in [2.75, 3.05) is 26.2 Å². The maximum absolute atomic E-state index is 5.43. The van der Waals surface area contributed by atoms with Crippen LogP contribution in [0.1, 0.15) is 0 Å². The van der Waals surface area contributed by atoms with Crippen LogP contribution >= 0.6 is 0 Å². The van der Waals surface area contributed by atoms with Crippen molar-refractivity contribution >= 4 is 0 Å². The lowest BCUT2D eigenvalue weighted by molar-refractivity contribution is 0.320. The monoisotopic (exact) mass is 98.1 g/mol. The minimum absolute atomic E-state index is 0.986. The molecule has 1 fully saturated rings. The van der Waals surface area contributed by atoms with Gasteiger partial charge in [-0.25, -0.2) is 0 Å². The van der Waals surface area contributed by atoms with E-state index in [1.165, 1.54) is 0 Å². The van der Waals surface area contributed by atoms with Gasteiger partial charge < -0.3 is 5.32 Å². The highest BCUT2D eigenvalue weighted by atomic mass is 15.2. The third kappa shape index (κ3) is 1.45. The van der Waals surface area contributed by atoms with E-state index in [1.54, 1.807) is 0 Å². The predicted octanol–water partition coefficient (Wildman–Crippen LogP) is -0.440. The molecule has 1 aliphatic heterocycles. The summed E-state index contributed by atoms with van der Waals surface area (Å²) in [5.74, 6) is 0. The molecule has 0 spiro atoms. The van der Waals surface area contributed by atoms with Gasteiger partial charge in [-0.05, 0) is 0 Å². The van der Waals surface area contributed by atoms with Crippen LogP contribution in [0.5, 0.6) is 0 Å². The van der Waals surface area contributed by atoms with Crippen LogP contribution in [0, 0.1) is 7.05 Å². The lowest BCUT2D eigenvalue weighted by atomic mass is 10.4. The fourth-order valence-corrected chi connectivity index (χ4v) is 0.682. The second-order valence-electron chi connectivity index (χ2n) is 1.79. The molecule has 2 heteroatoms. The van der Waals surface area contributed by atoms with Gasteiger partial charge in [0.2, 0.25) is 0 Å². The summed E-state index contributed by atoms with van der Waals surface area (Å²) in [5.41, 5.74) is 0. The van der Waals surface area contributed by atoms with Gasteiger partial charge in [0.05, 0.1) is 0 Å². The number of hydrogen-bond acceptors (Lipinski definition) is 2. The van der Waals surface area contributed by atoms with Crippen molar-refractivity contribution in [1.29, 1.82) is 0 Å². The van der Waals surface area contributed by atoms with E-state index in [0.29, 0.717) is 0 Å². The number of nitrogens with one attached hydrogen (secondary N) is 1. The van der Waals surface area contributed by atoms with Crippen LogP contribution < -0.4 is 5.32 Å². The summed E-state index contributed by atoms with van der Waals surface area (Å²) in [6.07, 6.45) is 0. The highest BCUT2D eigenvalue weighted by Crippen LogP contribution is 1.85. The highest BCUT2D eigenvalue weighted by molar-refractivity contribution is 4.64. The standard InChI is InChI=1S/C5H10N2/c1-7-4-2-6-3-5-7/h1,6H,2-5H2. The van der Waals surface area contributed by atoms with Crippen LogP contribution in [0.25, 0.3) is 0 Å². The Morgan fingerprint density at radius 1 is 1.29 bits per heavy atom. The molecular weight excluding hydrogens is 88.1 g/mol. The lowest BCUT2D eigenvalue weighted by Crippen LogP contribution is -2.39. The molecule has 0 amide bonds. The molecule has 1 rings (SSSR count). The van der Waals surface area contributed by atoms with Crippen molar-refractivity contribution in [3.8, 4) is 0 Å². The van der Waals surface area contributed by atoms with E-state index >= 15 is 0 Å². The Morgan fingerprint density at radius 3 is 2.14 bits per heavy atom. The fraction of sp³-hybridized carbons (Fsp3) is 0.800. The minimum Gasteiger partial charge on any atom is -0.314 e. The quantitative estimate of drug-likeness (QED) is 0.442. The van der Waals surface area contributed by atoms with E-state index in [2.05, 4.69) is 5.32 Å². The molecule has 0 aromatic rings. The molecule has 1 heterocycles. The van der Waals surface area contributed by atoms with E-state index in [1.807, 2.05) is 4.90 Å². The first kappa shape index (κ1) is 5.06. The van der Waals surface area contributed by atoms with Crippen LogP contribution in [0.3, 0.4) is 0 Å². The molecule has 0 bridgehead atoms. The molecule has 0 unspecified atom stereocenters. The van der Waals surface area contributed by atoms with Gasteiger partial charge in [0, 0.05) is 33.2 Å². The smallest absolute Gasteiger partial charge is 0.0439 e. The second-order valence-corrected chi connectivity index (χ2v) is 1.79. The van der Waals surface area contributed by atoms with Crippen LogP contribution in [-0.4, -0.2) is 31.1 Å². The van der Waals surface area contributed by atoms with Crippen molar-refractivity contribution in [2.45, 2.75) is 0 Å². The van der Waals surface area contributed by atoms with E-state index < -0.39 is 0 Å². The normalized spacial score (nSPS) is 25.3. The molecule has 2 nitrogen and oxygen atoms in total. The average molecular weight is 98.1 g/mol. The maximum Gasteiger partial charge on any atom is 0.0439 e. The topological polar surface area (TPSA) is 15.3 Å². The maximum atomic E-state index is 5.43. The fourth-order valence-electron chi connectivity index (χ4n) is 0.682. The molecule has 0 aromatic carbocycles. The van der Waals surface area contributed by atoms with Crippen molar-refractivity contribution < 1.29 is 0 Å². The largest absolute Gasteiger partial charge is 0.314 e. The SMILES string of the molecule is [CH]N1CCNCC1. The van der Waals surface area contributed by atoms with Gasteiger partial charge in [-0.1, -0.05) is 0 Å². The zero-order valence-electron chi connectivity index (χ0n) is 4.35. The Balaban J connectivity index is 2.12. The summed E-state index contributed by atoms with van der Waals surface area (Å²) in [4.78, 5) is 1.83. The average Bonchev–Trinajstić information content (AvgIpc) is 1.69. The summed E-state index contributed by atoms with van der Waals surface area (Å²) in [7, 11) is 5.43. The molecule has 1 aliphatic rings. The van der Waals surface area contributed by atoms with Crippen LogP contribution in [0.4, 0.5) is 0 Å². The Kier molecular flexibility index (Phi) is 1.65. The molecule has 1 N–H and O–H groups in total. The zero-order chi connectivity index (χ0) is 5.11. The molecule has 40 valence electrons. The Morgan fingerprint density at radius 2 is 1.86 bits per heavy atom. The van der Waals surface area contributed by atoms with E-state index in [9.17, 15) is 0 Å². The van der Waals surface area contributed by atoms with Gasteiger partial charge >= 0.3 is 0 Å². The zero-order valence-corrected chi connectivity index (χ0v) is 4.35. The summed E-state index contributed by atoms with van der Waals surface area (Å²) in [6, 6.07) is 0. The minimum atomic E-state index is 0.986. The molecular formula is C5H10N2. The van der Waals surface area contributed by atoms with Crippen molar-refractivity contribution in [2.24, 2.45) is 0 Å². The van der Waals surface area contributed by atoms with Gasteiger partial charge in [0.15, 0.2) is 0 Å². The van der Waals surface area contributed by atoms with Crippen LogP contribution in [-0.2, 0) is 0 Å². The second kappa shape index (κ2) is 2.28. The molecule has 0 aliphatic carbocycles. The van der Waals surface area contributed by atoms with E-state index in [0.717, 1.165) is 26.2 Å². The van der Waals surface area contributed by atoms with Crippen LogP contribution in [0.15, 0.2) is 0 Å². The Labute approximate surface area is 44.5 Å². The summed E-state index contributed by atoms with van der Waals surface area (Å²) < 4.78 is 0. The number of piperazine rings is 1. The molecule has 0 aromatic heterocycles. The van der Waals surface area contributed by atoms with E-state index in [-0.39, 0.29) is 0 Å².